The number of rotatable bonds is 4. The Balaban J connectivity index is 1.73. The zero-order chi connectivity index (χ0) is 20.4. The molecular formula is C24H28N4O. The number of hydrogen-bond donors (Lipinski definition) is 1. The van der Waals surface area contributed by atoms with Gasteiger partial charge in [0.15, 0.2) is 5.82 Å². The van der Waals surface area contributed by atoms with E-state index in [-0.39, 0.29) is 17.8 Å². The Hall–Kier alpha value is -2.95. The molecule has 4 rings (SSSR count). The lowest BCUT2D eigenvalue weighted by Crippen LogP contribution is -2.36. The van der Waals surface area contributed by atoms with Gasteiger partial charge in [0.05, 0.1) is 5.69 Å². The second kappa shape index (κ2) is 8.19. The van der Waals surface area contributed by atoms with E-state index in [9.17, 15) is 4.79 Å². The van der Waals surface area contributed by atoms with E-state index in [1.807, 2.05) is 18.2 Å². The first-order chi connectivity index (χ1) is 14.0. The van der Waals surface area contributed by atoms with Crippen LogP contribution in [0.5, 0.6) is 0 Å². The molecule has 1 heterocycles. The first-order valence-corrected chi connectivity index (χ1v) is 10.4. The van der Waals surface area contributed by atoms with Gasteiger partial charge in [-0.15, -0.1) is 5.10 Å². The molecule has 1 aliphatic carbocycles. The molecule has 2 aromatic carbocycles. The summed E-state index contributed by atoms with van der Waals surface area (Å²) in [7, 11) is 0. The smallest absolute Gasteiger partial charge is 0.291 e. The molecule has 3 aromatic rings. The monoisotopic (exact) mass is 388 g/mol. The van der Waals surface area contributed by atoms with E-state index < -0.39 is 0 Å². The third kappa shape index (κ3) is 4.24. The van der Waals surface area contributed by atoms with Gasteiger partial charge in [-0.2, -0.15) is 0 Å². The number of aryl methyl sites for hydroxylation is 3. The minimum Gasteiger partial charge on any atom is -0.347 e. The third-order valence-electron chi connectivity index (χ3n) is 5.64. The number of benzene rings is 2. The van der Waals surface area contributed by atoms with Gasteiger partial charge >= 0.3 is 0 Å². The molecule has 1 amide bonds. The Morgan fingerprint density at radius 3 is 2.34 bits per heavy atom. The van der Waals surface area contributed by atoms with Crippen LogP contribution in [0.1, 0.15) is 59.4 Å². The molecule has 1 saturated carbocycles. The van der Waals surface area contributed by atoms with Gasteiger partial charge in [0.25, 0.3) is 5.91 Å². The second-order valence-electron chi connectivity index (χ2n) is 8.14. The highest BCUT2D eigenvalue weighted by Crippen LogP contribution is 2.25. The van der Waals surface area contributed by atoms with Gasteiger partial charge in [-0.05, 0) is 45.2 Å². The summed E-state index contributed by atoms with van der Waals surface area (Å²) in [4.78, 5) is 17.5. The lowest BCUT2D eigenvalue weighted by Gasteiger charge is -2.21. The molecule has 0 unspecified atom stereocenters. The van der Waals surface area contributed by atoms with Crippen LogP contribution in [0.15, 0.2) is 42.5 Å². The molecule has 0 bridgehead atoms. The number of aromatic nitrogens is 3. The standard InChI is InChI=1S/C24H28N4O/c1-16-9-12-19(13-10-16)23-26-22(24(29)25-20-7-5-4-6-8-20)27-28(23)21-14-11-17(2)15-18(21)3/h9-15,20H,4-8H2,1-3H3,(H,25,29). The van der Waals surface area contributed by atoms with E-state index in [2.05, 4.69) is 60.4 Å². The van der Waals surface area contributed by atoms with E-state index in [0.717, 1.165) is 29.7 Å². The summed E-state index contributed by atoms with van der Waals surface area (Å²) in [6.07, 6.45) is 5.67. The average molecular weight is 389 g/mol. The summed E-state index contributed by atoms with van der Waals surface area (Å²) < 4.78 is 1.80. The average Bonchev–Trinajstić information content (AvgIpc) is 3.14. The minimum atomic E-state index is -0.186. The Labute approximate surface area is 172 Å². The Morgan fingerprint density at radius 2 is 1.66 bits per heavy atom. The first kappa shape index (κ1) is 19.4. The number of nitrogens with one attached hydrogen (secondary N) is 1. The zero-order valence-electron chi connectivity index (χ0n) is 17.4. The fourth-order valence-electron chi connectivity index (χ4n) is 4.01. The van der Waals surface area contributed by atoms with Crippen molar-refractivity contribution in [2.24, 2.45) is 0 Å². The van der Waals surface area contributed by atoms with Gasteiger partial charge in [-0.25, -0.2) is 9.67 Å². The van der Waals surface area contributed by atoms with Crippen LogP contribution in [-0.4, -0.2) is 26.7 Å². The molecule has 0 aliphatic heterocycles. The molecular weight excluding hydrogens is 360 g/mol. The predicted molar refractivity (Wildman–Crippen MR) is 115 cm³/mol. The maximum atomic E-state index is 12.9. The molecule has 29 heavy (non-hydrogen) atoms. The number of hydrogen-bond acceptors (Lipinski definition) is 3. The maximum Gasteiger partial charge on any atom is 0.291 e. The molecule has 0 spiro atoms. The number of amides is 1. The molecule has 1 aliphatic rings. The Kier molecular flexibility index (Phi) is 5.47. The van der Waals surface area contributed by atoms with Crippen molar-refractivity contribution in [3.63, 3.8) is 0 Å². The van der Waals surface area contributed by atoms with E-state index in [1.54, 1.807) is 4.68 Å². The first-order valence-electron chi connectivity index (χ1n) is 10.4. The highest BCUT2D eigenvalue weighted by molar-refractivity contribution is 5.91. The SMILES string of the molecule is Cc1ccc(-c2nc(C(=O)NC3CCCCC3)nn2-c2ccc(C)cc2C)cc1. The van der Waals surface area contributed by atoms with Crippen molar-refractivity contribution in [1.82, 2.24) is 20.1 Å². The number of carbonyl (C=O) groups excluding carboxylic acids is 1. The van der Waals surface area contributed by atoms with E-state index >= 15 is 0 Å². The van der Waals surface area contributed by atoms with Crippen molar-refractivity contribution in [2.45, 2.75) is 58.9 Å². The molecule has 0 saturated heterocycles. The van der Waals surface area contributed by atoms with Crippen LogP contribution < -0.4 is 5.32 Å². The van der Waals surface area contributed by atoms with Crippen molar-refractivity contribution in [3.8, 4) is 17.1 Å². The Bertz CT molecular complexity index is 1010. The summed E-state index contributed by atoms with van der Waals surface area (Å²) >= 11 is 0. The van der Waals surface area contributed by atoms with Crippen molar-refractivity contribution in [2.75, 3.05) is 0 Å². The Morgan fingerprint density at radius 1 is 0.966 bits per heavy atom. The van der Waals surface area contributed by atoms with Gasteiger partial charge in [0, 0.05) is 11.6 Å². The molecule has 0 atom stereocenters. The zero-order valence-corrected chi connectivity index (χ0v) is 17.4. The highest BCUT2D eigenvalue weighted by atomic mass is 16.2. The topological polar surface area (TPSA) is 59.8 Å². The van der Waals surface area contributed by atoms with Gasteiger partial charge < -0.3 is 5.32 Å². The molecule has 1 fully saturated rings. The van der Waals surface area contributed by atoms with Crippen LogP contribution in [0.3, 0.4) is 0 Å². The number of nitrogens with zero attached hydrogens (tertiary/aromatic N) is 3. The summed E-state index contributed by atoms with van der Waals surface area (Å²) in [5, 5.41) is 7.76. The maximum absolute atomic E-state index is 12.9. The van der Waals surface area contributed by atoms with Gasteiger partial charge in [0.1, 0.15) is 0 Å². The van der Waals surface area contributed by atoms with Crippen LogP contribution in [0, 0.1) is 20.8 Å². The second-order valence-corrected chi connectivity index (χ2v) is 8.14. The predicted octanol–water partition coefficient (Wildman–Crippen LogP) is 4.92. The van der Waals surface area contributed by atoms with Crippen LogP contribution in [0.4, 0.5) is 0 Å². The molecule has 5 nitrogen and oxygen atoms in total. The molecule has 0 radical (unpaired) electrons. The van der Waals surface area contributed by atoms with Crippen LogP contribution >= 0.6 is 0 Å². The minimum absolute atomic E-state index is 0.186. The summed E-state index contributed by atoms with van der Waals surface area (Å²) in [6.45, 7) is 6.19. The van der Waals surface area contributed by atoms with Gasteiger partial charge in [-0.3, -0.25) is 4.79 Å². The third-order valence-corrected chi connectivity index (χ3v) is 5.64. The lowest BCUT2D eigenvalue weighted by atomic mass is 9.95. The highest BCUT2D eigenvalue weighted by Gasteiger charge is 2.22. The summed E-state index contributed by atoms with van der Waals surface area (Å²) in [6, 6.07) is 14.6. The molecule has 1 aromatic heterocycles. The van der Waals surface area contributed by atoms with Crippen LogP contribution in [0.25, 0.3) is 17.1 Å². The van der Waals surface area contributed by atoms with Gasteiger partial charge in [0.2, 0.25) is 5.82 Å². The fourth-order valence-corrected chi connectivity index (χ4v) is 4.01. The van der Waals surface area contributed by atoms with Crippen molar-refractivity contribution < 1.29 is 4.79 Å². The van der Waals surface area contributed by atoms with Gasteiger partial charge in [-0.1, -0.05) is 66.8 Å². The normalized spacial score (nSPS) is 14.7. The fraction of sp³-hybridized carbons (Fsp3) is 0.375. The van der Waals surface area contributed by atoms with Crippen LogP contribution in [0.2, 0.25) is 0 Å². The van der Waals surface area contributed by atoms with E-state index in [0.29, 0.717) is 5.82 Å². The largest absolute Gasteiger partial charge is 0.347 e. The molecule has 5 heteroatoms. The molecule has 150 valence electrons. The number of carbonyl (C=O) groups is 1. The summed E-state index contributed by atoms with van der Waals surface area (Å²) in [5.41, 5.74) is 5.36. The van der Waals surface area contributed by atoms with E-state index in [1.165, 1.54) is 30.4 Å². The van der Waals surface area contributed by atoms with Crippen molar-refractivity contribution in [3.05, 3.63) is 65.0 Å². The summed E-state index contributed by atoms with van der Waals surface area (Å²) in [5.74, 6) is 0.727. The van der Waals surface area contributed by atoms with E-state index in [4.69, 9.17) is 0 Å². The lowest BCUT2D eigenvalue weighted by molar-refractivity contribution is 0.0917. The molecule has 1 N–H and O–H groups in total. The van der Waals surface area contributed by atoms with Crippen LogP contribution in [-0.2, 0) is 0 Å². The van der Waals surface area contributed by atoms with Crippen molar-refractivity contribution >= 4 is 5.91 Å². The quantitative estimate of drug-likeness (QED) is 0.690. The van der Waals surface area contributed by atoms with Crippen molar-refractivity contribution in [1.29, 1.82) is 0 Å².